The lowest BCUT2D eigenvalue weighted by Crippen LogP contribution is -2.05. The number of benzene rings is 3. The lowest BCUT2D eigenvalue weighted by molar-refractivity contribution is 0.168. The Morgan fingerprint density at radius 2 is 1.70 bits per heavy atom. The van der Waals surface area contributed by atoms with Crippen LogP contribution in [0.2, 0.25) is 5.02 Å². The summed E-state index contributed by atoms with van der Waals surface area (Å²) in [5, 5.41) is 14.3. The molecule has 0 aliphatic heterocycles. The van der Waals surface area contributed by atoms with Crippen LogP contribution in [0.5, 0.6) is 11.8 Å². The molecule has 0 amide bonds. The Morgan fingerprint density at radius 1 is 1.00 bits per heavy atom. The first-order valence-electron chi connectivity index (χ1n) is 11.8. The van der Waals surface area contributed by atoms with E-state index < -0.39 is 6.10 Å². The Bertz CT molecular complexity index is 1490. The number of anilines is 1. The summed E-state index contributed by atoms with van der Waals surface area (Å²) >= 11 is 5.80. The van der Waals surface area contributed by atoms with E-state index in [1.165, 1.54) is 24.5 Å². The van der Waals surface area contributed by atoms with Crippen LogP contribution in [0, 0.1) is 5.82 Å². The topological polar surface area (TPSA) is 85.1 Å². The fourth-order valence-corrected chi connectivity index (χ4v) is 4.12. The molecule has 2 N–H and O–H groups in total. The molecule has 2 heterocycles. The fraction of sp³-hybridized carbons (Fsp3) is 0.179. The van der Waals surface area contributed by atoms with Gasteiger partial charge in [-0.3, -0.25) is 0 Å². The molecule has 188 valence electrons. The quantitative estimate of drug-likeness (QED) is 0.241. The van der Waals surface area contributed by atoms with E-state index in [1.54, 1.807) is 12.1 Å². The molecule has 37 heavy (non-hydrogen) atoms. The SMILES string of the molecule is Cn1c(NCc2ccc(Oc3ncc(Cl)cn3)cc2)nc2ccc(CCC(O)c3ccc(F)cc3)cc21. The number of ether oxygens (including phenoxy) is 1. The number of rotatable bonds is 9. The number of aromatic nitrogens is 4. The van der Waals surface area contributed by atoms with Gasteiger partial charge in [-0.15, -0.1) is 0 Å². The molecule has 1 atom stereocenters. The Kier molecular flexibility index (Phi) is 7.30. The zero-order chi connectivity index (χ0) is 25.8. The largest absolute Gasteiger partial charge is 0.424 e. The lowest BCUT2D eigenvalue weighted by atomic mass is 10.0. The van der Waals surface area contributed by atoms with Crippen LogP contribution in [-0.2, 0) is 20.0 Å². The third-order valence-electron chi connectivity index (χ3n) is 6.09. The summed E-state index contributed by atoms with van der Waals surface area (Å²) in [6.45, 7) is 0.589. The maximum Gasteiger partial charge on any atom is 0.321 e. The van der Waals surface area contributed by atoms with Gasteiger partial charge in [0.1, 0.15) is 11.6 Å². The van der Waals surface area contributed by atoms with Gasteiger partial charge in [-0.1, -0.05) is 41.9 Å². The lowest BCUT2D eigenvalue weighted by Gasteiger charge is -2.11. The predicted octanol–water partition coefficient (Wildman–Crippen LogP) is 6.23. The van der Waals surface area contributed by atoms with Crippen LogP contribution in [0.3, 0.4) is 0 Å². The van der Waals surface area contributed by atoms with Crippen LogP contribution in [0.1, 0.15) is 29.2 Å². The van der Waals surface area contributed by atoms with E-state index in [1.807, 2.05) is 48.0 Å². The smallest absolute Gasteiger partial charge is 0.321 e. The molecule has 2 aromatic heterocycles. The number of aliphatic hydroxyl groups is 1. The minimum Gasteiger partial charge on any atom is -0.424 e. The summed E-state index contributed by atoms with van der Waals surface area (Å²) in [5.74, 6) is 1.08. The summed E-state index contributed by atoms with van der Waals surface area (Å²) < 4.78 is 20.8. The van der Waals surface area contributed by atoms with E-state index >= 15 is 0 Å². The van der Waals surface area contributed by atoms with Crippen LogP contribution < -0.4 is 10.1 Å². The number of halogens is 2. The molecule has 0 saturated heterocycles. The number of aliphatic hydroxyl groups excluding tert-OH is 1. The van der Waals surface area contributed by atoms with Crippen molar-refractivity contribution in [2.75, 3.05) is 5.32 Å². The zero-order valence-electron chi connectivity index (χ0n) is 20.1. The van der Waals surface area contributed by atoms with Gasteiger partial charge in [-0.05, 0) is 65.9 Å². The van der Waals surface area contributed by atoms with Gasteiger partial charge >= 0.3 is 6.01 Å². The van der Waals surface area contributed by atoms with Gasteiger partial charge in [0, 0.05) is 13.6 Å². The van der Waals surface area contributed by atoms with Gasteiger partial charge in [-0.2, -0.15) is 0 Å². The van der Waals surface area contributed by atoms with Crippen LogP contribution >= 0.6 is 11.6 Å². The number of aryl methyl sites for hydroxylation is 2. The zero-order valence-corrected chi connectivity index (χ0v) is 20.9. The third-order valence-corrected chi connectivity index (χ3v) is 6.28. The standard InChI is InChI=1S/C28H25ClFN5O2/c1-35-25-14-18(5-13-26(36)20-6-8-22(30)9-7-20)4-12-24(25)34-27(35)31-15-19-2-10-23(11-3-19)37-28-32-16-21(29)17-33-28/h2-4,6-12,14,16-17,26,36H,5,13,15H2,1H3,(H,31,34). The molecule has 0 aliphatic carbocycles. The highest BCUT2D eigenvalue weighted by Crippen LogP contribution is 2.24. The van der Waals surface area contributed by atoms with E-state index in [9.17, 15) is 9.50 Å². The minimum absolute atomic E-state index is 0.235. The van der Waals surface area contributed by atoms with Gasteiger partial charge in [0.05, 0.1) is 34.6 Å². The maximum atomic E-state index is 13.1. The Morgan fingerprint density at radius 3 is 2.43 bits per heavy atom. The van der Waals surface area contributed by atoms with E-state index in [4.69, 9.17) is 21.3 Å². The summed E-state index contributed by atoms with van der Waals surface area (Å²) in [7, 11) is 1.97. The van der Waals surface area contributed by atoms with Gasteiger partial charge < -0.3 is 19.7 Å². The highest BCUT2D eigenvalue weighted by molar-refractivity contribution is 6.30. The van der Waals surface area contributed by atoms with Crippen molar-refractivity contribution < 1.29 is 14.2 Å². The van der Waals surface area contributed by atoms with Crippen molar-refractivity contribution >= 4 is 28.6 Å². The molecule has 0 radical (unpaired) electrons. The molecule has 0 spiro atoms. The second-order valence-corrected chi connectivity index (χ2v) is 9.14. The van der Waals surface area contributed by atoms with Gasteiger partial charge in [0.15, 0.2) is 0 Å². The second kappa shape index (κ2) is 10.9. The van der Waals surface area contributed by atoms with Crippen molar-refractivity contribution in [3.63, 3.8) is 0 Å². The van der Waals surface area contributed by atoms with Crippen molar-refractivity contribution in [2.24, 2.45) is 7.05 Å². The van der Waals surface area contributed by atoms with Crippen molar-refractivity contribution in [1.82, 2.24) is 19.5 Å². The average Bonchev–Trinajstić information content (AvgIpc) is 3.23. The van der Waals surface area contributed by atoms with E-state index in [2.05, 4.69) is 21.4 Å². The molecule has 3 aromatic carbocycles. The van der Waals surface area contributed by atoms with Gasteiger partial charge in [0.25, 0.3) is 0 Å². The number of imidazole rings is 1. The highest BCUT2D eigenvalue weighted by Gasteiger charge is 2.11. The summed E-state index contributed by atoms with van der Waals surface area (Å²) in [4.78, 5) is 12.8. The fourth-order valence-electron chi connectivity index (χ4n) is 4.02. The number of fused-ring (bicyclic) bond motifs is 1. The Hall–Kier alpha value is -4.01. The van der Waals surface area contributed by atoms with Gasteiger partial charge in [-0.25, -0.2) is 19.3 Å². The molecule has 7 nitrogen and oxygen atoms in total. The van der Waals surface area contributed by atoms with E-state index in [-0.39, 0.29) is 11.8 Å². The molecular weight excluding hydrogens is 493 g/mol. The third kappa shape index (κ3) is 6.04. The number of nitrogens with zero attached hydrogens (tertiary/aromatic N) is 4. The normalized spacial score (nSPS) is 12.0. The molecule has 0 aliphatic rings. The van der Waals surface area contributed by atoms with Crippen LogP contribution in [0.25, 0.3) is 11.0 Å². The first kappa shape index (κ1) is 24.7. The summed E-state index contributed by atoms with van der Waals surface area (Å²) in [5.41, 5.74) is 4.77. The molecule has 0 bridgehead atoms. The average molecular weight is 518 g/mol. The molecule has 0 fully saturated rings. The summed E-state index contributed by atoms with van der Waals surface area (Å²) in [6.07, 6.45) is 3.57. The minimum atomic E-state index is -0.643. The monoisotopic (exact) mass is 517 g/mol. The first-order valence-corrected chi connectivity index (χ1v) is 12.2. The van der Waals surface area contributed by atoms with Crippen molar-refractivity contribution in [3.05, 3.63) is 107 Å². The molecule has 0 saturated carbocycles. The van der Waals surface area contributed by atoms with E-state index in [0.717, 1.165) is 28.1 Å². The number of nitrogens with one attached hydrogen (secondary N) is 1. The van der Waals surface area contributed by atoms with Crippen LogP contribution in [0.4, 0.5) is 10.3 Å². The number of hydrogen-bond acceptors (Lipinski definition) is 6. The molecule has 9 heteroatoms. The van der Waals surface area contributed by atoms with Crippen molar-refractivity contribution in [3.8, 4) is 11.8 Å². The Labute approximate surface area is 218 Å². The molecule has 5 aromatic rings. The maximum absolute atomic E-state index is 13.1. The number of hydrogen-bond donors (Lipinski definition) is 2. The predicted molar refractivity (Wildman–Crippen MR) is 141 cm³/mol. The van der Waals surface area contributed by atoms with Crippen molar-refractivity contribution in [1.29, 1.82) is 0 Å². The molecule has 1 unspecified atom stereocenters. The molecule has 5 rings (SSSR count). The Balaban J connectivity index is 1.20. The second-order valence-electron chi connectivity index (χ2n) is 8.71. The van der Waals surface area contributed by atoms with Gasteiger partial charge in [0.2, 0.25) is 5.95 Å². The van der Waals surface area contributed by atoms with Crippen molar-refractivity contribution in [2.45, 2.75) is 25.5 Å². The first-order chi connectivity index (χ1) is 17.9. The highest BCUT2D eigenvalue weighted by atomic mass is 35.5. The summed E-state index contributed by atoms with van der Waals surface area (Å²) in [6, 6.07) is 20.0. The van der Waals surface area contributed by atoms with Crippen LogP contribution in [0.15, 0.2) is 79.1 Å². The molecular formula is C28H25ClFN5O2. The van der Waals surface area contributed by atoms with Crippen LogP contribution in [-0.4, -0.2) is 24.6 Å². The van der Waals surface area contributed by atoms with E-state index in [0.29, 0.717) is 35.7 Å².